The highest BCUT2D eigenvalue weighted by Crippen LogP contribution is 2.31. The van der Waals surface area contributed by atoms with E-state index in [9.17, 15) is 4.79 Å². The molecule has 3 aromatic rings. The van der Waals surface area contributed by atoms with Gasteiger partial charge in [-0.1, -0.05) is 41.4 Å². The second-order valence-electron chi connectivity index (χ2n) is 5.26. The number of hydrogen-bond donors (Lipinski definition) is 1. The molecule has 1 N–H and O–H groups in total. The number of carbonyl (C=O) groups is 1. The molecule has 0 spiro atoms. The molecule has 0 amide bonds. The van der Waals surface area contributed by atoms with Crippen molar-refractivity contribution in [3.63, 3.8) is 0 Å². The zero-order valence-corrected chi connectivity index (χ0v) is 15.3. The largest absolute Gasteiger partial charge is 0.488 e. The minimum absolute atomic E-state index is 0.104. The molecular weight excluding hydrogens is 377 g/mol. The van der Waals surface area contributed by atoms with Crippen molar-refractivity contribution in [3.8, 4) is 17.0 Å². The topological polar surface area (TPSA) is 77.1 Å². The molecule has 134 valence electrons. The predicted octanol–water partition coefficient (Wildman–Crippen LogP) is 4.53. The molecule has 0 aliphatic carbocycles. The molecule has 0 radical (unpaired) electrons. The van der Waals surface area contributed by atoms with Crippen LogP contribution in [0.15, 0.2) is 42.5 Å². The summed E-state index contributed by atoms with van der Waals surface area (Å²) in [6.45, 7) is 2.21. The summed E-state index contributed by atoms with van der Waals surface area (Å²) < 4.78 is 10.9. The molecule has 1 heterocycles. The quantitative estimate of drug-likeness (QED) is 0.624. The fourth-order valence-electron chi connectivity index (χ4n) is 2.34. The second-order valence-corrected chi connectivity index (χ2v) is 6.11. The van der Waals surface area contributed by atoms with Crippen LogP contribution in [-0.2, 0) is 11.3 Å². The van der Waals surface area contributed by atoms with Crippen LogP contribution >= 0.6 is 23.2 Å². The average Bonchev–Trinajstić information content (AvgIpc) is 3.11. The first-order valence-corrected chi connectivity index (χ1v) is 8.59. The maximum absolute atomic E-state index is 12.1. The summed E-state index contributed by atoms with van der Waals surface area (Å²) in [6.07, 6.45) is 0. The average molecular weight is 392 g/mol. The van der Waals surface area contributed by atoms with Crippen molar-refractivity contribution in [2.75, 3.05) is 6.61 Å². The summed E-state index contributed by atoms with van der Waals surface area (Å²) in [5, 5.41) is 11.5. The van der Waals surface area contributed by atoms with Crippen LogP contribution in [0.3, 0.4) is 0 Å². The summed E-state index contributed by atoms with van der Waals surface area (Å²) in [4.78, 5) is 12.1. The van der Waals surface area contributed by atoms with E-state index in [0.717, 1.165) is 5.56 Å². The number of aromatic amines is 1. The van der Waals surface area contributed by atoms with Gasteiger partial charge in [-0.25, -0.2) is 4.79 Å². The van der Waals surface area contributed by atoms with Gasteiger partial charge in [-0.05, 0) is 31.2 Å². The van der Waals surface area contributed by atoms with Gasteiger partial charge in [-0.2, -0.15) is 10.3 Å². The van der Waals surface area contributed by atoms with E-state index in [1.54, 1.807) is 37.3 Å². The Morgan fingerprint density at radius 2 is 1.96 bits per heavy atom. The van der Waals surface area contributed by atoms with Crippen LogP contribution < -0.4 is 4.74 Å². The lowest BCUT2D eigenvalue weighted by Gasteiger charge is -2.11. The van der Waals surface area contributed by atoms with Gasteiger partial charge in [0.2, 0.25) is 0 Å². The van der Waals surface area contributed by atoms with E-state index in [1.165, 1.54) is 0 Å². The van der Waals surface area contributed by atoms with E-state index in [4.69, 9.17) is 32.7 Å². The van der Waals surface area contributed by atoms with Crippen molar-refractivity contribution in [1.82, 2.24) is 15.4 Å². The molecular formula is C18H15Cl2N3O3. The third-order valence-electron chi connectivity index (χ3n) is 3.56. The lowest BCUT2D eigenvalue weighted by atomic mass is 10.1. The van der Waals surface area contributed by atoms with Crippen LogP contribution in [0, 0.1) is 0 Å². The van der Waals surface area contributed by atoms with E-state index in [2.05, 4.69) is 15.4 Å². The van der Waals surface area contributed by atoms with Gasteiger partial charge in [0.05, 0.1) is 6.61 Å². The summed E-state index contributed by atoms with van der Waals surface area (Å²) in [5.41, 5.74) is 1.87. The van der Waals surface area contributed by atoms with Crippen molar-refractivity contribution in [2.24, 2.45) is 0 Å². The van der Waals surface area contributed by atoms with Gasteiger partial charge in [0, 0.05) is 21.2 Å². The number of halogens is 2. The molecule has 0 saturated carbocycles. The lowest BCUT2D eigenvalue weighted by molar-refractivity contribution is 0.0520. The predicted molar refractivity (Wildman–Crippen MR) is 98.6 cm³/mol. The second kappa shape index (κ2) is 8.21. The number of benzene rings is 2. The van der Waals surface area contributed by atoms with E-state index < -0.39 is 5.97 Å². The van der Waals surface area contributed by atoms with Gasteiger partial charge >= 0.3 is 5.97 Å². The Morgan fingerprint density at radius 1 is 1.15 bits per heavy atom. The monoisotopic (exact) mass is 391 g/mol. The molecule has 8 heteroatoms. The van der Waals surface area contributed by atoms with Gasteiger partial charge < -0.3 is 9.47 Å². The smallest absolute Gasteiger partial charge is 0.361 e. The Bertz CT molecular complexity index is 928. The maximum atomic E-state index is 12.1. The highest BCUT2D eigenvalue weighted by molar-refractivity contribution is 6.35. The van der Waals surface area contributed by atoms with E-state index in [1.807, 2.05) is 12.1 Å². The Hall–Kier alpha value is -2.57. The van der Waals surface area contributed by atoms with Crippen molar-refractivity contribution in [3.05, 3.63) is 63.8 Å². The van der Waals surface area contributed by atoms with Gasteiger partial charge in [0.15, 0.2) is 5.69 Å². The molecule has 3 rings (SSSR count). The third kappa shape index (κ3) is 3.98. The number of aromatic nitrogens is 3. The summed E-state index contributed by atoms with van der Waals surface area (Å²) in [6, 6.07) is 12.4. The highest BCUT2D eigenvalue weighted by Gasteiger charge is 2.21. The Kier molecular flexibility index (Phi) is 5.75. The maximum Gasteiger partial charge on any atom is 0.361 e. The number of rotatable bonds is 6. The van der Waals surface area contributed by atoms with Crippen molar-refractivity contribution < 1.29 is 14.3 Å². The summed E-state index contributed by atoms with van der Waals surface area (Å²) >= 11 is 12.1. The number of para-hydroxylation sites is 1. The molecule has 0 saturated heterocycles. The number of nitrogens with zero attached hydrogens (tertiary/aromatic N) is 2. The molecule has 1 aromatic heterocycles. The number of hydrogen-bond acceptors (Lipinski definition) is 5. The van der Waals surface area contributed by atoms with Gasteiger partial charge in [-0.3, -0.25) is 0 Å². The zero-order valence-electron chi connectivity index (χ0n) is 13.8. The van der Waals surface area contributed by atoms with Crippen LogP contribution in [0.25, 0.3) is 11.3 Å². The van der Waals surface area contributed by atoms with Crippen LogP contribution in [0.2, 0.25) is 10.0 Å². The van der Waals surface area contributed by atoms with Crippen LogP contribution in [0.1, 0.15) is 23.0 Å². The SMILES string of the molecule is CCOC(=O)c1n[nH]nc1-c1ccccc1OCc1ccc(Cl)cc1Cl. The Labute approximate surface area is 160 Å². The third-order valence-corrected chi connectivity index (χ3v) is 4.14. The van der Waals surface area contributed by atoms with E-state index >= 15 is 0 Å². The lowest BCUT2D eigenvalue weighted by Crippen LogP contribution is -2.07. The molecule has 0 fully saturated rings. The minimum atomic E-state index is -0.549. The highest BCUT2D eigenvalue weighted by atomic mass is 35.5. The number of carbonyl (C=O) groups excluding carboxylic acids is 1. The fourth-order valence-corrected chi connectivity index (χ4v) is 2.81. The fraction of sp³-hybridized carbons (Fsp3) is 0.167. The van der Waals surface area contributed by atoms with Crippen molar-refractivity contribution in [2.45, 2.75) is 13.5 Å². The molecule has 2 aromatic carbocycles. The van der Waals surface area contributed by atoms with Crippen LogP contribution in [0.5, 0.6) is 5.75 Å². The van der Waals surface area contributed by atoms with Crippen molar-refractivity contribution >= 4 is 29.2 Å². The standard InChI is InChI=1S/C18H15Cl2N3O3/c1-2-25-18(24)17-16(21-23-22-17)13-5-3-4-6-15(13)26-10-11-7-8-12(19)9-14(11)20/h3-9H,2,10H2,1H3,(H,21,22,23). The molecule has 0 aliphatic rings. The van der Waals surface area contributed by atoms with Gasteiger partial charge in [0.25, 0.3) is 0 Å². The molecule has 0 bridgehead atoms. The first kappa shape index (κ1) is 18.2. The first-order valence-electron chi connectivity index (χ1n) is 7.84. The Morgan fingerprint density at radius 3 is 2.73 bits per heavy atom. The molecule has 0 unspecified atom stereocenters. The normalized spacial score (nSPS) is 10.6. The number of esters is 1. The van der Waals surface area contributed by atoms with Gasteiger partial charge in [-0.15, -0.1) is 5.10 Å². The van der Waals surface area contributed by atoms with Gasteiger partial charge in [0.1, 0.15) is 18.1 Å². The molecule has 6 nitrogen and oxygen atoms in total. The van der Waals surface area contributed by atoms with Crippen LogP contribution in [0.4, 0.5) is 0 Å². The molecule has 0 atom stereocenters. The number of nitrogens with one attached hydrogen (secondary N) is 1. The van der Waals surface area contributed by atoms with Crippen LogP contribution in [-0.4, -0.2) is 28.0 Å². The Balaban J connectivity index is 1.88. The van der Waals surface area contributed by atoms with E-state index in [-0.39, 0.29) is 18.9 Å². The summed E-state index contributed by atoms with van der Waals surface area (Å²) in [5.74, 6) is -0.00948. The zero-order chi connectivity index (χ0) is 18.5. The molecule has 0 aliphatic heterocycles. The molecule has 26 heavy (non-hydrogen) atoms. The minimum Gasteiger partial charge on any atom is -0.488 e. The first-order chi connectivity index (χ1) is 12.6. The van der Waals surface area contributed by atoms with Crippen molar-refractivity contribution in [1.29, 1.82) is 0 Å². The number of H-pyrrole nitrogens is 1. The number of ether oxygens (including phenoxy) is 2. The summed E-state index contributed by atoms with van der Waals surface area (Å²) in [7, 11) is 0. The van der Waals surface area contributed by atoms with E-state index in [0.29, 0.717) is 27.1 Å².